The number of benzene rings is 4. The van der Waals surface area contributed by atoms with E-state index in [1.807, 2.05) is 48.5 Å². The molecule has 0 heterocycles. The fourth-order valence-electron chi connectivity index (χ4n) is 6.42. The number of carbonyl (C=O) groups is 2. The van der Waals surface area contributed by atoms with Gasteiger partial charge in [0, 0.05) is 12.3 Å². The summed E-state index contributed by atoms with van der Waals surface area (Å²) in [7, 11) is 0. The Bertz CT molecular complexity index is 1760. The van der Waals surface area contributed by atoms with Crippen LogP contribution in [-0.4, -0.2) is 31.4 Å². The molecule has 4 rings (SSSR count). The highest BCUT2D eigenvalue weighted by Gasteiger charge is 2.09. The Hall–Kier alpha value is -5.17. The van der Waals surface area contributed by atoms with Gasteiger partial charge in [0.2, 0.25) is 0 Å². The molecule has 0 aliphatic heterocycles. The smallest absolute Gasteiger partial charge is 0.343 e. The van der Waals surface area contributed by atoms with Crippen molar-refractivity contribution in [1.82, 2.24) is 0 Å². The van der Waals surface area contributed by atoms with Crippen molar-refractivity contribution in [2.75, 3.05) is 13.2 Å². The number of ether oxygens (including phenoxy) is 4. The molecular weight excluding hydrogens is 723 g/mol. The van der Waals surface area contributed by atoms with Gasteiger partial charge in [-0.1, -0.05) is 129 Å². The Labute approximate surface area is 347 Å². The van der Waals surface area contributed by atoms with Crippen LogP contribution in [0.2, 0.25) is 0 Å². The highest BCUT2D eigenvalue weighted by Crippen LogP contribution is 2.22. The molecular formula is C51H65NO6. The molecule has 58 heavy (non-hydrogen) atoms. The standard InChI is InChI=1S/C51H65NO6/c1-3-5-7-9-11-13-14-16-18-19-39-55-46-30-21-42(22-31-46)25-38-50(53)57-48-32-23-43(24-33-48)41-52-45-28-36-49(37-29-45)58-51(54)44-26-34-47(35-27-44)56-40-20-17-15-12-10-8-6-4-2/h21-38,41H,3-20,39-40H2,1-2H3/b38-25+,52-41?. The van der Waals surface area contributed by atoms with Gasteiger partial charge in [-0.05, 0) is 115 Å². The Kier molecular flexibility index (Phi) is 22.2. The molecule has 0 unspecified atom stereocenters. The Morgan fingerprint density at radius 2 is 0.879 bits per heavy atom. The molecule has 0 atom stereocenters. The maximum atomic E-state index is 12.7. The van der Waals surface area contributed by atoms with E-state index in [2.05, 4.69) is 18.8 Å². The second-order valence-corrected chi connectivity index (χ2v) is 14.9. The van der Waals surface area contributed by atoms with Gasteiger partial charge < -0.3 is 18.9 Å². The van der Waals surface area contributed by atoms with Gasteiger partial charge in [0.25, 0.3) is 0 Å². The minimum Gasteiger partial charge on any atom is -0.494 e. The van der Waals surface area contributed by atoms with Gasteiger partial charge in [0.15, 0.2) is 0 Å². The van der Waals surface area contributed by atoms with Crippen molar-refractivity contribution in [2.45, 2.75) is 129 Å². The maximum absolute atomic E-state index is 12.7. The van der Waals surface area contributed by atoms with Crippen molar-refractivity contribution < 1.29 is 28.5 Å². The summed E-state index contributed by atoms with van der Waals surface area (Å²) in [4.78, 5) is 29.7. The van der Waals surface area contributed by atoms with Crippen LogP contribution >= 0.6 is 0 Å². The van der Waals surface area contributed by atoms with Gasteiger partial charge in [-0.15, -0.1) is 0 Å². The molecule has 0 spiro atoms. The number of rotatable bonds is 29. The van der Waals surface area contributed by atoms with Crippen molar-refractivity contribution in [3.8, 4) is 23.0 Å². The number of hydrogen-bond acceptors (Lipinski definition) is 7. The first-order chi connectivity index (χ1) is 28.5. The number of unbranched alkanes of at least 4 members (excludes halogenated alkanes) is 16. The van der Waals surface area contributed by atoms with E-state index in [4.69, 9.17) is 18.9 Å². The van der Waals surface area contributed by atoms with Crippen LogP contribution in [0.3, 0.4) is 0 Å². The number of carbonyl (C=O) groups excluding carboxylic acids is 2. The fraction of sp³-hybridized carbons (Fsp3) is 0.431. The van der Waals surface area contributed by atoms with Crippen molar-refractivity contribution in [1.29, 1.82) is 0 Å². The van der Waals surface area contributed by atoms with Gasteiger partial charge in [-0.25, -0.2) is 9.59 Å². The first-order valence-electron chi connectivity index (χ1n) is 21.8. The third-order valence-electron chi connectivity index (χ3n) is 9.92. The van der Waals surface area contributed by atoms with Crippen LogP contribution in [0.4, 0.5) is 5.69 Å². The van der Waals surface area contributed by atoms with E-state index in [0.29, 0.717) is 29.4 Å². The lowest BCUT2D eigenvalue weighted by molar-refractivity contribution is -0.128. The van der Waals surface area contributed by atoms with E-state index in [0.717, 1.165) is 42.1 Å². The predicted molar refractivity (Wildman–Crippen MR) is 238 cm³/mol. The monoisotopic (exact) mass is 787 g/mol. The van der Waals surface area contributed by atoms with Crippen LogP contribution in [0.15, 0.2) is 108 Å². The van der Waals surface area contributed by atoms with Crippen LogP contribution in [0.25, 0.3) is 6.08 Å². The largest absolute Gasteiger partial charge is 0.494 e. The molecule has 4 aromatic rings. The van der Waals surface area contributed by atoms with E-state index in [-0.39, 0.29) is 0 Å². The zero-order valence-electron chi connectivity index (χ0n) is 35.0. The van der Waals surface area contributed by atoms with Gasteiger partial charge >= 0.3 is 11.9 Å². The minimum atomic E-state index is -0.459. The van der Waals surface area contributed by atoms with E-state index >= 15 is 0 Å². The van der Waals surface area contributed by atoms with Crippen LogP contribution in [0, 0.1) is 0 Å². The van der Waals surface area contributed by atoms with E-state index in [9.17, 15) is 9.59 Å². The third kappa shape index (κ3) is 19.3. The van der Waals surface area contributed by atoms with Crippen molar-refractivity contribution in [2.24, 2.45) is 4.99 Å². The molecule has 7 nitrogen and oxygen atoms in total. The van der Waals surface area contributed by atoms with E-state index in [1.54, 1.807) is 60.8 Å². The molecule has 7 heteroatoms. The summed E-state index contributed by atoms with van der Waals surface area (Å²) in [6, 6.07) is 28.9. The second kappa shape index (κ2) is 28.3. The maximum Gasteiger partial charge on any atom is 0.343 e. The van der Waals surface area contributed by atoms with Crippen LogP contribution in [0.5, 0.6) is 23.0 Å². The molecule has 0 aromatic heterocycles. The highest BCUT2D eigenvalue weighted by molar-refractivity contribution is 5.91. The summed E-state index contributed by atoms with van der Waals surface area (Å²) in [5, 5.41) is 0. The number of hydrogen-bond donors (Lipinski definition) is 0. The lowest BCUT2D eigenvalue weighted by Crippen LogP contribution is -2.08. The van der Waals surface area contributed by atoms with E-state index < -0.39 is 11.9 Å². The SMILES string of the molecule is CCCCCCCCCCCCOc1ccc(/C=C/C(=O)Oc2ccc(C=Nc3ccc(OC(=O)c4ccc(OCCCCCCCCCC)cc4)cc3)cc2)cc1. The zero-order chi connectivity index (χ0) is 40.9. The quantitative estimate of drug-likeness (QED) is 0.0179. The average molecular weight is 788 g/mol. The number of nitrogens with zero attached hydrogens (tertiary/aromatic N) is 1. The second-order valence-electron chi connectivity index (χ2n) is 14.9. The average Bonchev–Trinajstić information content (AvgIpc) is 3.25. The molecule has 0 saturated heterocycles. The summed E-state index contributed by atoms with van der Waals surface area (Å²) in [6.45, 7) is 5.90. The van der Waals surface area contributed by atoms with Crippen LogP contribution < -0.4 is 18.9 Å². The molecule has 0 saturated carbocycles. The Morgan fingerprint density at radius 3 is 1.40 bits per heavy atom. The fourth-order valence-corrected chi connectivity index (χ4v) is 6.42. The molecule has 0 N–H and O–H groups in total. The van der Waals surface area contributed by atoms with Crippen molar-refractivity contribution in [3.63, 3.8) is 0 Å². The molecule has 0 aliphatic carbocycles. The predicted octanol–water partition coefficient (Wildman–Crippen LogP) is 14.1. The normalized spacial score (nSPS) is 11.3. The Morgan fingerprint density at radius 1 is 0.466 bits per heavy atom. The lowest BCUT2D eigenvalue weighted by Gasteiger charge is -2.08. The summed E-state index contributed by atoms with van der Waals surface area (Å²) in [5.41, 5.74) is 2.89. The summed E-state index contributed by atoms with van der Waals surface area (Å²) >= 11 is 0. The molecule has 0 aliphatic rings. The van der Waals surface area contributed by atoms with Crippen LogP contribution in [-0.2, 0) is 4.79 Å². The molecule has 0 radical (unpaired) electrons. The van der Waals surface area contributed by atoms with Gasteiger partial charge in [-0.2, -0.15) is 0 Å². The van der Waals surface area contributed by atoms with Gasteiger partial charge in [0.1, 0.15) is 23.0 Å². The first kappa shape index (κ1) is 45.5. The lowest BCUT2D eigenvalue weighted by atomic mass is 10.1. The third-order valence-corrected chi connectivity index (χ3v) is 9.92. The summed E-state index contributed by atoms with van der Waals surface area (Å²) in [5.74, 6) is 1.57. The Balaban J connectivity index is 1.09. The number of aliphatic imine (C=N–C) groups is 1. The molecule has 310 valence electrons. The van der Waals surface area contributed by atoms with E-state index in [1.165, 1.54) is 109 Å². The molecule has 0 fully saturated rings. The summed E-state index contributed by atoms with van der Waals surface area (Å²) < 4.78 is 22.8. The van der Waals surface area contributed by atoms with Crippen LogP contribution in [0.1, 0.15) is 151 Å². The van der Waals surface area contributed by atoms with Gasteiger partial charge in [0.05, 0.1) is 24.5 Å². The van der Waals surface area contributed by atoms with Crippen molar-refractivity contribution >= 4 is 29.9 Å². The minimum absolute atomic E-state index is 0.431. The summed E-state index contributed by atoms with van der Waals surface area (Å²) in [6.07, 6.45) is 27.9. The van der Waals surface area contributed by atoms with Gasteiger partial charge in [-0.3, -0.25) is 4.99 Å². The van der Waals surface area contributed by atoms with Crippen molar-refractivity contribution in [3.05, 3.63) is 120 Å². The number of esters is 2. The molecule has 4 aromatic carbocycles. The first-order valence-corrected chi connectivity index (χ1v) is 21.8. The topological polar surface area (TPSA) is 83.4 Å². The molecule has 0 bridgehead atoms. The highest BCUT2D eigenvalue weighted by atomic mass is 16.5. The zero-order valence-corrected chi connectivity index (χ0v) is 35.0. The molecule has 0 amide bonds.